The van der Waals surface area contributed by atoms with Crippen LogP contribution in [0.2, 0.25) is 0 Å². The first kappa shape index (κ1) is 15.7. The Morgan fingerprint density at radius 1 is 1.19 bits per heavy atom. The van der Waals surface area contributed by atoms with E-state index in [2.05, 4.69) is 81.0 Å². The van der Waals surface area contributed by atoms with Crippen molar-refractivity contribution in [3.63, 3.8) is 0 Å². The van der Waals surface area contributed by atoms with E-state index >= 15 is 0 Å². The van der Waals surface area contributed by atoms with Crippen LogP contribution in [0.4, 0.5) is 0 Å². The number of hydrogen-bond donors (Lipinski definition) is 0. The molecule has 0 bridgehead atoms. The van der Waals surface area contributed by atoms with Gasteiger partial charge in [-0.05, 0) is 26.5 Å². The predicted molar refractivity (Wildman–Crippen MR) is 84.1 cm³/mol. The summed E-state index contributed by atoms with van der Waals surface area (Å²) in [5, 5.41) is 4.10. The Kier molecular flexibility index (Phi) is 4.47. The van der Waals surface area contributed by atoms with Crippen molar-refractivity contribution < 1.29 is 4.52 Å². The van der Waals surface area contributed by atoms with E-state index in [0.717, 1.165) is 12.4 Å². The number of aryl methyl sites for hydroxylation is 1. The van der Waals surface area contributed by atoms with E-state index in [0.29, 0.717) is 5.89 Å². The molecule has 0 aliphatic carbocycles. The number of benzene rings is 1. The van der Waals surface area contributed by atoms with Gasteiger partial charge in [0.1, 0.15) is 0 Å². The number of nitrogens with zero attached hydrogens (tertiary/aromatic N) is 3. The molecule has 4 nitrogen and oxygen atoms in total. The zero-order chi connectivity index (χ0) is 15.6. The number of aromatic nitrogens is 2. The summed E-state index contributed by atoms with van der Waals surface area (Å²) < 4.78 is 5.43. The van der Waals surface area contributed by atoms with Crippen LogP contribution >= 0.6 is 0 Å². The van der Waals surface area contributed by atoms with Gasteiger partial charge in [-0.1, -0.05) is 55.8 Å². The quantitative estimate of drug-likeness (QED) is 0.856. The Hall–Kier alpha value is -1.68. The Balaban J connectivity index is 2.06. The van der Waals surface area contributed by atoms with E-state index in [1.165, 1.54) is 11.1 Å². The third-order valence-corrected chi connectivity index (χ3v) is 3.68. The summed E-state index contributed by atoms with van der Waals surface area (Å²) in [6, 6.07) is 8.69. The summed E-state index contributed by atoms with van der Waals surface area (Å²) in [7, 11) is 2.07. The minimum Gasteiger partial charge on any atom is -0.338 e. The van der Waals surface area contributed by atoms with Gasteiger partial charge in [0.15, 0.2) is 5.82 Å². The van der Waals surface area contributed by atoms with Crippen molar-refractivity contribution in [2.75, 3.05) is 7.05 Å². The second-order valence-corrected chi connectivity index (χ2v) is 6.78. The molecule has 0 saturated heterocycles. The summed E-state index contributed by atoms with van der Waals surface area (Å²) in [5.41, 5.74) is 2.48. The van der Waals surface area contributed by atoms with Gasteiger partial charge >= 0.3 is 0 Å². The highest BCUT2D eigenvalue weighted by atomic mass is 16.5. The fraction of sp³-hybridized carbons (Fsp3) is 0.529. The van der Waals surface area contributed by atoms with Crippen molar-refractivity contribution in [1.82, 2.24) is 15.0 Å². The molecule has 1 atom stereocenters. The Bertz CT molecular complexity index is 581. The molecule has 1 heterocycles. The molecule has 0 amide bonds. The molecule has 0 aliphatic heterocycles. The Morgan fingerprint density at radius 2 is 1.81 bits per heavy atom. The third-order valence-electron chi connectivity index (χ3n) is 3.68. The summed E-state index contributed by atoms with van der Waals surface area (Å²) >= 11 is 0. The monoisotopic (exact) mass is 287 g/mol. The van der Waals surface area contributed by atoms with Gasteiger partial charge in [0.2, 0.25) is 5.89 Å². The van der Waals surface area contributed by atoms with Gasteiger partial charge in [0.05, 0.1) is 6.04 Å². The molecule has 1 unspecified atom stereocenters. The average molecular weight is 287 g/mol. The van der Waals surface area contributed by atoms with E-state index in [1.807, 2.05) is 0 Å². The zero-order valence-corrected chi connectivity index (χ0v) is 13.8. The maximum atomic E-state index is 5.43. The van der Waals surface area contributed by atoms with Crippen LogP contribution in [0.15, 0.2) is 28.8 Å². The molecule has 4 heteroatoms. The van der Waals surface area contributed by atoms with Crippen LogP contribution in [0.5, 0.6) is 0 Å². The summed E-state index contributed by atoms with van der Waals surface area (Å²) in [5.74, 6) is 1.43. The molecule has 0 radical (unpaired) electrons. The lowest BCUT2D eigenvalue weighted by atomic mass is 9.96. The second kappa shape index (κ2) is 5.98. The van der Waals surface area contributed by atoms with Crippen LogP contribution in [0.25, 0.3) is 0 Å². The largest absolute Gasteiger partial charge is 0.338 e. The lowest BCUT2D eigenvalue weighted by molar-refractivity contribution is 0.202. The SMILES string of the molecule is Cc1ccc(CN(C)C(C)c2nc(C(C)(C)C)no2)cc1. The first-order valence-corrected chi connectivity index (χ1v) is 7.37. The highest BCUT2D eigenvalue weighted by Crippen LogP contribution is 2.23. The molecule has 114 valence electrons. The smallest absolute Gasteiger partial charge is 0.243 e. The summed E-state index contributed by atoms with van der Waals surface area (Å²) in [4.78, 5) is 6.75. The van der Waals surface area contributed by atoms with Gasteiger partial charge in [-0.2, -0.15) is 4.98 Å². The molecule has 21 heavy (non-hydrogen) atoms. The molecule has 1 aromatic carbocycles. The summed E-state index contributed by atoms with van der Waals surface area (Å²) in [6.45, 7) is 11.3. The molecule has 0 fully saturated rings. The minimum atomic E-state index is -0.0863. The van der Waals surface area contributed by atoms with Crippen LogP contribution in [0, 0.1) is 6.92 Å². The van der Waals surface area contributed by atoms with Gasteiger partial charge in [-0.3, -0.25) is 4.90 Å². The molecule has 0 spiro atoms. The van der Waals surface area contributed by atoms with Crippen molar-refractivity contribution in [3.8, 4) is 0 Å². The average Bonchev–Trinajstić information content (AvgIpc) is 2.90. The fourth-order valence-corrected chi connectivity index (χ4v) is 2.02. The fourth-order valence-electron chi connectivity index (χ4n) is 2.02. The molecule has 0 N–H and O–H groups in total. The van der Waals surface area contributed by atoms with E-state index in [1.54, 1.807) is 0 Å². The van der Waals surface area contributed by atoms with Gasteiger partial charge in [0, 0.05) is 12.0 Å². The standard InChI is InChI=1S/C17H25N3O/c1-12-7-9-14(10-8-12)11-20(6)13(2)15-18-16(19-21-15)17(3,4)5/h7-10,13H,11H2,1-6H3. The lowest BCUT2D eigenvalue weighted by Gasteiger charge is -2.21. The van der Waals surface area contributed by atoms with Crippen molar-refractivity contribution in [2.45, 2.75) is 52.6 Å². The normalized spacial score (nSPS) is 13.7. The van der Waals surface area contributed by atoms with Crippen LogP contribution < -0.4 is 0 Å². The first-order valence-electron chi connectivity index (χ1n) is 7.37. The Labute approximate surface area is 127 Å². The number of hydrogen-bond acceptors (Lipinski definition) is 4. The van der Waals surface area contributed by atoms with Gasteiger partial charge in [0.25, 0.3) is 0 Å². The molecular weight excluding hydrogens is 262 g/mol. The molecule has 0 aliphatic rings. The van der Waals surface area contributed by atoms with Crippen LogP contribution in [-0.2, 0) is 12.0 Å². The molecule has 1 aromatic heterocycles. The van der Waals surface area contributed by atoms with E-state index in [9.17, 15) is 0 Å². The maximum absolute atomic E-state index is 5.43. The van der Waals surface area contributed by atoms with E-state index in [-0.39, 0.29) is 11.5 Å². The predicted octanol–water partition coefficient (Wildman–Crippen LogP) is 3.87. The lowest BCUT2D eigenvalue weighted by Crippen LogP contribution is -2.22. The topological polar surface area (TPSA) is 42.2 Å². The van der Waals surface area contributed by atoms with Crippen LogP contribution in [-0.4, -0.2) is 22.1 Å². The maximum Gasteiger partial charge on any atom is 0.243 e. The molecule has 2 rings (SSSR count). The van der Waals surface area contributed by atoms with Gasteiger partial charge in [-0.25, -0.2) is 0 Å². The molecule has 0 saturated carbocycles. The van der Waals surface area contributed by atoms with Crippen LogP contribution in [0.1, 0.15) is 56.6 Å². The highest BCUT2D eigenvalue weighted by molar-refractivity contribution is 5.21. The summed E-state index contributed by atoms with van der Waals surface area (Å²) in [6.07, 6.45) is 0. The van der Waals surface area contributed by atoms with Gasteiger partial charge in [-0.15, -0.1) is 0 Å². The van der Waals surface area contributed by atoms with Crippen LogP contribution in [0.3, 0.4) is 0 Å². The van der Waals surface area contributed by atoms with Crippen molar-refractivity contribution in [3.05, 3.63) is 47.1 Å². The zero-order valence-electron chi connectivity index (χ0n) is 13.8. The molecule has 2 aromatic rings. The van der Waals surface area contributed by atoms with Crippen molar-refractivity contribution in [2.24, 2.45) is 0 Å². The van der Waals surface area contributed by atoms with E-state index in [4.69, 9.17) is 4.52 Å². The first-order chi connectivity index (χ1) is 9.77. The minimum absolute atomic E-state index is 0.0863. The highest BCUT2D eigenvalue weighted by Gasteiger charge is 2.24. The van der Waals surface area contributed by atoms with Gasteiger partial charge < -0.3 is 4.52 Å². The van der Waals surface area contributed by atoms with Crippen molar-refractivity contribution in [1.29, 1.82) is 0 Å². The molecular formula is C17H25N3O. The van der Waals surface area contributed by atoms with E-state index < -0.39 is 0 Å². The second-order valence-electron chi connectivity index (χ2n) is 6.78. The Morgan fingerprint density at radius 3 is 2.33 bits per heavy atom. The van der Waals surface area contributed by atoms with Crippen molar-refractivity contribution >= 4 is 0 Å². The third kappa shape index (κ3) is 3.91. The number of rotatable bonds is 4.